The summed E-state index contributed by atoms with van der Waals surface area (Å²) >= 11 is 0. The number of benzene rings is 2. The highest BCUT2D eigenvalue weighted by Crippen LogP contribution is 2.40. The second-order valence-electron chi connectivity index (χ2n) is 5.72. The molecule has 1 unspecified atom stereocenters. The van der Waals surface area contributed by atoms with Gasteiger partial charge in [-0.25, -0.2) is 0 Å². The van der Waals surface area contributed by atoms with Crippen molar-refractivity contribution in [2.45, 2.75) is 31.7 Å². The lowest BCUT2D eigenvalue weighted by Crippen LogP contribution is -2.41. The first-order valence-electron chi connectivity index (χ1n) is 7.17. The summed E-state index contributed by atoms with van der Waals surface area (Å²) in [6.45, 7) is 2.11. The fraction of sp³-hybridized carbons (Fsp3) is 0.333. The molecule has 0 aliphatic heterocycles. The van der Waals surface area contributed by atoms with Crippen molar-refractivity contribution in [3.63, 3.8) is 0 Å². The maximum absolute atomic E-state index is 6.83. The zero-order valence-corrected chi connectivity index (χ0v) is 12.1. The molecule has 0 amide bonds. The maximum atomic E-state index is 6.83. The molecule has 2 aromatic carbocycles. The Morgan fingerprint density at radius 2 is 2.00 bits per heavy atom. The van der Waals surface area contributed by atoms with Crippen LogP contribution in [0.5, 0.6) is 5.75 Å². The zero-order chi connectivity index (χ0) is 14.2. The summed E-state index contributed by atoms with van der Waals surface area (Å²) in [5.74, 6) is 0.883. The predicted octanol–water partition coefficient (Wildman–Crippen LogP) is 3.54. The van der Waals surface area contributed by atoms with Gasteiger partial charge in [0.25, 0.3) is 0 Å². The van der Waals surface area contributed by atoms with E-state index in [1.54, 1.807) is 7.11 Å². The number of fused-ring (bicyclic) bond motifs is 1. The number of aryl methyl sites for hydroxylation is 2. The SMILES string of the molecule is COc1ccc2c(c1)C(N)(c1cccc(C)c1)CCC2. The molecule has 0 bridgehead atoms. The Kier molecular flexibility index (Phi) is 3.27. The zero-order valence-electron chi connectivity index (χ0n) is 12.1. The number of hydrogen-bond donors (Lipinski definition) is 1. The molecular formula is C18H21NO. The lowest BCUT2D eigenvalue weighted by Gasteiger charge is -2.36. The van der Waals surface area contributed by atoms with Gasteiger partial charge in [-0.1, -0.05) is 35.9 Å². The number of rotatable bonds is 2. The van der Waals surface area contributed by atoms with Crippen LogP contribution >= 0.6 is 0 Å². The van der Waals surface area contributed by atoms with Crippen molar-refractivity contribution in [1.82, 2.24) is 0 Å². The predicted molar refractivity (Wildman–Crippen MR) is 82.1 cm³/mol. The minimum absolute atomic E-state index is 0.395. The minimum atomic E-state index is -0.395. The number of methoxy groups -OCH3 is 1. The Labute approximate surface area is 120 Å². The van der Waals surface area contributed by atoms with E-state index in [0.29, 0.717) is 0 Å². The Balaban J connectivity index is 2.16. The summed E-state index contributed by atoms with van der Waals surface area (Å²) in [6, 6.07) is 14.8. The monoisotopic (exact) mass is 267 g/mol. The molecule has 2 heteroatoms. The fourth-order valence-corrected chi connectivity index (χ4v) is 3.23. The van der Waals surface area contributed by atoms with Crippen molar-refractivity contribution in [1.29, 1.82) is 0 Å². The average molecular weight is 267 g/mol. The lowest BCUT2D eigenvalue weighted by molar-refractivity contribution is 0.404. The van der Waals surface area contributed by atoms with Gasteiger partial charge in [0.05, 0.1) is 12.6 Å². The van der Waals surface area contributed by atoms with Crippen molar-refractivity contribution in [2.75, 3.05) is 7.11 Å². The normalized spacial score (nSPS) is 21.4. The van der Waals surface area contributed by atoms with E-state index in [-0.39, 0.29) is 0 Å². The third kappa shape index (κ3) is 2.10. The smallest absolute Gasteiger partial charge is 0.119 e. The molecule has 104 valence electrons. The van der Waals surface area contributed by atoms with Gasteiger partial charge in [0, 0.05) is 0 Å². The molecule has 2 N–H and O–H groups in total. The van der Waals surface area contributed by atoms with Crippen molar-refractivity contribution < 1.29 is 4.74 Å². The molecule has 0 saturated heterocycles. The molecule has 3 rings (SSSR count). The molecule has 20 heavy (non-hydrogen) atoms. The molecule has 0 heterocycles. The number of ether oxygens (including phenoxy) is 1. The Hall–Kier alpha value is -1.80. The van der Waals surface area contributed by atoms with Crippen LogP contribution in [0.4, 0.5) is 0 Å². The first-order valence-corrected chi connectivity index (χ1v) is 7.17. The van der Waals surface area contributed by atoms with Gasteiger partial charge in [-0.05, 0) is 55.0 Å². The summed E-state index contributed by atoms with van der Waals surface area (Å²) < 4.78 is 5.38. The molecule has 1 aliphatic rings. The van der Waals surface area contributed by atoms with Crippen LogP contribution in [-0.2, 0) is 12.0 Å². The highest BCUT2D eigenvalue weighted by atomic mass is 16.5. The third-order valence-electron chi connectivity index (χ3n) is 4.35. The Bertz CT molecular complexity index is 635. The summed E-state index contributed by atoms with van der Waals surface area (Å²) in [4.78, 5) is 0. The molecule has 0 fully saturated rings. The second kappa shape index (κ2) is 4.95. The second-order valence-corrected chi connectivity index (χ2v) is 5.72. The average Bonchev–Trinajstić information content (AvgIpc) is 2.47. The van der Waals surface area contributed by atoms with E-state index in [2.05, 4.69) is 43.3 Å². The van der Waals surface area contributed by atoms with E-state index >= 15 is 0 Å². The molecule has 2 nitrogen and oxygen atoms in total. The highest BCUT2D eigenvalue weighted by Gasteiger charge is 2.34. The summed E-state index contributed by atoms with van der Waals surface area (Å²) in [7, 11) is 1.70. The van der Waals surface area contributed by atoms with Gasteiger partial charge in [-0.15, -0.1) is 0 Å². The topological polar surface area (TPSA) is 35.2 Å². The van der Waals surface area contributed by atoms with Crippen molar-refractivity contribution in [3.05, 3.63) is 64.7 Å². The molecule has 1 atom stereocenters. The van der Waals surface area contributed by atoms with E-state index in [1.165, 1.54) is 22.3 Å². The molecular weight excluding hydrogens is 246 g/mol. The van der Waals surface area contributed by atoms with Crippen LogP contribution < -0.4 is 10.5 Å². The van der Waals surface area contributed by atoms with Crippen LogP contribution in [0.2, 0.25) is 0 Å². The molecule has 1 aliphatic carbocycles. The van der Waals surface area contributed by atoms with Crippen molar-refractivity contribution in [3.8, 4) is 5.75 Å². The fourth-order valence-electron chi connectivity index (χ4n) is 3.23. The largest absolute Gasteiger partial charge is 0.497 e. The molecule has 2 aromatic rings. The van der Waals surface area contributed by atoms with E-state index in [4.69, 9.17) is 10.5 Å². The Morgan fingerprint density at radius 1 is 1.15 bits per heavy atom. The van der Waals surface area contributed by atoms with Crippen molar-refractivity contribution in [2.24, 2.45) is 5.73 Å². The van der Waals surface area contributed by atoms with Gasteiger partial charge < -0.3 is 10.5 Å². The van der Waals surface area contributed by atoms with Gasteiger partial charge in [-0.3, -0.25) is 0 Å². The maximum Gasteiger partial charge on any atom is 0.119 e. The minimum Gasteiger partial charge on any atom is -0.497 e. The Morgan fingerprint density at radius 3 is 2.75 bits per heavy atom. The summed E-state index contributed by atoms with van der Waals surface area (Å²) in [5, 5.41) is 0. The summed E-state index contributed by atoms with van der Waals surface area (Å²) in [6.07, 6.45) is 3.21. The lowest BCUT2D eigenvalue weighted by atomic mass is 9.73. The van der Waals surface area contributed by atoms with E-state index in [0.717, 1.165) is 25.0 Å². The van der Waals surface area contributed by atoms with Crippen LogP contribution in [0, 0.1) is 6.92 Å². The standard InChI is InChI=1S/C18H21NO/c1-13-5-3-7-15(11-13)18(19)10-4-6-14-8-9-16(20-2)12-17(14)18/h3,5,7-9,11-12H,4,6,10,19H2,1-2H3. The quantitative estimate of drug-likeness (QED) is 0.903. The van der Waals surface area contributed by atoms with Crippen LogP contribution in [0.3, 0.4) is 0 Å². The highest BCUT2D eigenvalue weighted by molar-refractivity contribution is 5.48. The van der Waals surface area contributed by atoms with E-state index in [9.17, 15) is 0 Å². The number of hydrogen-bond acceptors (Lipinski definition) is 2. The van der Waals surface area contributed by atoms with Gasteiger partial charge in [0.2, 0.25) is 0 Å². The van der Waals surface area contributed by atoms with Crippen molar-refractivity contribution >= 4 is 0 Å². The van der Waals surface area contributed by atoms with Gasteiger partial charge in [0.1, 0.15) is 5.75 Å². The van der Waals surface area contributed by atoms with Crippen LogP contribution in [0.1, 0.15) is 35.1 Å². The van der Waals surface area contributed by atoms with Gasteiger partial charge in [0.15, 0.2) is 0 Å². The molecule has 0 radical (unpaired) electrons. The molecule has 0 saturated carbocycles. The van der Waals surface area contributed by atoms with E-state index < -0.39 is 5.54 Å². The first kappa shape index (κ1) is 13.2. The van der Waals surface area contributed by atoms with E-state index in [1.807, 2.05) is 6.07 Å². The van der Waals surface area contributed by atoms with Crippen LogP contribution in [0.15, 0.2) is 42.5 Å². The molecule has 0 aromatic heterocycles. The van der Waals surface area contributed by atoms with Gasteiger partial charge >= 0.3 is 0 Å². The van der Waals surface area contributed by atoms with Crippen LogP contribution in [0.25, 0.3) is 0 Å². The first-order chi connectivity index (χ1) is 9.63. The van der Waals surface area contributed by atoms with Gasteiger partial charge in [-0.2, -0.15) is 0 Å². The summed E-state index contributed by atoms with van der Waals surface area (Å²) in [5.41, 5.74) is 11.5. The third-order valence-corrected chi connectivity index (χ3v) is 4.35. The molecule has 0 spiro atoms. The van der Waals surface area contributed by atoms with Crippen LogP contribution in [-0.4, -0.2) is 7.11 Å². The number of nitrogens with two attached hydrogens (primary N) is 1.